The summed E-state index contributed by atoms with van der Waals surface area (Å²) in [5, 5.41) is 0. The van der Waals surface area contributed by atoms with Gasteiger partial charge in [-0.15, -0.1) is 0 Å². The molecular formula is C12H28O3Si. The highest BCUT2D eigenvalue weighted by Crippen LogP contribution is 2.03. The molecule has 0 aliphatic heterocycles. The van der Waals surface area contributed by atoms with Crippen molar-refractivity contribution < 1.29 is 13.3 Å². The quantitative estimate of drug-likeness (QED) is 0.587. The topological polar surface area (TPSA) is 27.7 Å². The molecule has 0 heterocycles. The first-order chi connectivity index (χ1) is 7.41. The lowest BCUT2D eigenvalue weighted by molar-refractivity contribution is 0.0680. The smallest absolute Gasteiger partial charge is 0.376 e. The molecule has 0 spiro atoms. The summed E-state index contributed by atoms with van der Waals surface area (Å²) in [4.78, 5) is 0. The van der Waals surface area contributed by atoms with Crippen molar-refractivity contribution in [3.63, 3.8) is 0 Å². The van der Waals surface area contributed by atoms with Crippen LogP contribution in [0.25, 0.3) is 0 Å². The van der Waals surface area contributed by atoms with Crippen LogP contribution in [-0.4, -0.2) is 29.3 Å². The zero-order chi connectivity index (χ0) is 12.6. The lowest BCUT2D eigenvalue weighted by Crippen LogP contribution is -2.31. The third-order valence-electron chi connectivity index (χ3n) is 1.70. The number of rotatable bonds is 9. The minimum atomic E-state index is -1.90. The van der Waals surface area contributed by atoms with Crippen molar-refractivity contribution in [1.29, 1.82) is 0 Å². The van der Waals surface area contributed by atoms with Crippen molar-refractivity contribution in [3.05, 3.63) is 0 Å². The maximum atomic E-state index is 5.70. The maximum absolute atomic E-state index is 5.70. The van der Waals surface area contributed by atoms with Gasteiger partial charge in [-0.2, -0.15) is 0 Å². The highest BCUT2D eigenvalue weighted by atomic mass is 28.3. The summed E-state index contributed by atoms with van der Waals surface area (Å²) in [6.45, 7) is 15.0. The van der Waals surface area contributed by atoms with E-state index in [-0.39, 0.29) is 0 Å². The molecule has 4 heteroatoms. The normalized spacial score (nSPS) is 12.4. The largest absolute Gasteiger partial charge is 0.484 e. The highest BCUT2D eigenvalue weighted by Gasteiger charge is 2.17. The predicted octanol–water partition coefficient (Wildman–Crippen LogP) is 2.72. The summed E-state index contributed by atoms with van der Waals surface area (Å²) in [6.07, 6.45) is 0. The van der Waals surface area contributed by atoms with Gasteiger partial charge in [0.1, 0.15) is 0 Å². The average molecular weight is 248 g/mol. The summed E-state index contributed by atoms with van der Waals surface area (Å²) >= 11 is 0. The molecular weight excluding hydrogens is 220 g/mol. The van der Waals surface area contributed by atoms with Gasteiger partial charge in [0.05, 0.1) is 0 Å². The molecule has 0 fully saturated rings. The van der Waals surface area contributed by atoms with Gasteiger partial charge in [0.15, 0.2) is 0 Å². The molecule has 98 valence electrons. The van der Waals surface area contributed by atoms with Gasteiger partial charge >= 0.3 is 9.53 Å². The van der Waals surface area contributed by atoms with Crippen LogP contribution < -0.4 is 0 Å². The van der Waals surface area contributed by atoms with E-state index >= 15 is 0 Å². The van der Waals surface area contributed by atoms with Crippen LogP contribution in [0, 0.1) is 17.8 Å². The monoisotopic (exact) mass is 248 g/mol. The molecule has 0 bridgehead atoms. The summed E-state index contributed by atoms with van der Waals surface area (Å²) in [7, 11) is -1.90. The Morgan fingerprint density at radius 2 is 0.875 bits per heavy atom. The van der Waals surface area contributed by atoms with E-state index in [2.05, 4.69) is 41.5 Å². The molecule has 0 aliphatic carbocycles. The van der Waals surface area contributed by atoms with Crippen LogP contribution in [0.5, 0.6) is 0 Å². The van der Waals surface area contributed by atoms with Gasteiger partial charge in [0.25, 0.3) is 0 Å². The van der Waals surface area contributed by atoms with Crippen LogP contribution in [0.4, 0.5) is 0 Å². The zero-order valence-electron chi connectivity index (χ0n) is 11.7. The van der Waals surface area contributed by atoms with E-state index in [1.807, 2.05) is 0 Å². The number of hydrogen-bond donors (Lipinski definition) is 0. The fraction of sp³-hybridized carbons (Fsp3) is 1.00. The molecule has 0 atom stereocenters. The van der Waals surface area contributed by atoms with Gasteiger partial charge in [-0.1, -0.05) is 41.5 Å². The minimum absolute atomic E-state index is 0.528. The van der Waals surface area contributed by atoms with Crippen molar-refractivity contribution in [2.75, 3.05) is 19.8 Å². The second-order valence-corrected chi connectivity index (χ2v) is 7.05. The van der Waals surface area contributed by atoms with Crippen molar-refractivity contribution in [1.82, 2.24) is 0 Å². The second-order valence-electron chi connectivity index (χ2n) is 5.47. The van der Waals surface area contributed by atoms with Crippen molar-refractivity contribution in [2.45, 2.75) is 41.5 Å². The van der Waals surface area contributed by atoms with E-state index in [1.54, 1.807) is 0 Å². The third-order valence-corrected chi connectivity index (χ3v) is 3.09. The predicted molar refractivity (Wildman–Crippen MR) is 69.5 cm³/mol. The van der Waals surface area contributed by atoms with E-state index in [1.165, 1.54) is 0 Å². The lowest BCUT2D eigenvalue weighted by Gasteiger charge is -2.19. The molecule has 0 aromatic carbocycles. The molecule has 16 heavy (non-hydrogen) atoms. The van der Waals surface area contributed by atoms with E-state index in [0.717, 1.165) is 19.8 Å². The highest BCUT2D eigenvalue weighted by molar-refractivity contribution is 6.36. The summed E-state index contributed by atoms with van der Waals surface area (Å²) in [5.41, 5.74) is 0. The fourth-order valence-corrected chi connectivity index (χ4v) is 2.87. The Kier molecular flexibility index (Phi) is 9.22. The van der Waals surface area contributed by atoms with Gasteiger partial charge in [-0.3, -0.25) is 0 Å². The molecule has 3 nitrogen and oxygen atoms in total. The molecule has 0 aromatic rings. The van der Waals surface area contributed by atoms with E-state index < -0.39 is 9.53 Å². The Hall–Kier alpha value is 0.0969. The van der Waals surface area contributed by atoms with Crippen LogP contribution in [0.15, 0.2) is 0 Å². The molecule has 0 rings (SSSR count). The van der Waals surface area contributed by atoms with E-state index in [4.69, 9.17) is 13.3 Å². The molecule has 0 aliphatic rings. The number of hydrogen-bond acceptors (Lipinski definition) is 3. The van der Waals surface area contributed by atoms with Gasteiger partial charge in [-0.05, 0) is 17.8 Å². The average Bonchev–Trinajstić information content (AvgIpc) is 2.15. The third kappa shape index (κ3) is 10.6. The molecule has 0 amide bonds. The fourth-order valence-electron chi connectivity index (χ4n) is 0.957. The van der Waals surface area contributed by atoms with Gasteiger partial charge in [-0.25, -0.2) is 0 Å². The van der Waals surface area contributed by atoms with Crippen LogP contribution in [0.1, 0.15) is 41.5 Å². The van der Waals surface area contributed by atoms with Crippen LogP contribution in [-0.2, 0) is 13.3 Å². The Balaban J connectivity index is 3.85. The van der Waals surface area contributed by atoms with Gasteiger partial charge in [0.2, 0.25) is 0 Å². The van der Waals surface area contributed by atoms with Gasteiger partial charge < -0.3 is 13.3 Å². The first-order valence-corrected chi connectivity index (χ1v) is 7.68. The van der Waals surface area contributed by atoms with Crippen LogP contribution >= 0.6 is 0 Å². The first-order valence-electron chi connectivity index (χ1n) is 6.26. The Morgan fingerprint density at radius 3 is 1.06 bits per heavy atom. The summed E-state index contributed by atoms with van der Waals surface area (Å²) in [5.74, 6) is 1.58. The summed E-state index contributed by atoms with van der Waals surface area (Å²) in [6, 6.07) is 0. The van der Waals surface area contributed by atoms with E-state index in [9.17, 15) is 0 Å². The van der Waals surface area contributed by atoms with Gasteiger partial charge in [0, 0.05) is 19.8 Å². The molecule has 0 saturated carbocycles. The Morgan fingerprint density at radius 1 is 0.625 bits per heavy atom. The minimum Gasteiger partial charge on any atom is -0.376 e. The SMILES string of the molecule is CC(C)CO[SiH](OCC(C)C)OCC(C)C. The first kappa shape index (κ1) is 16.1. The Labute approximate surface area is 102 Å². The summed E-state index contributed by atoms with van der Waals surface area (Å²) < 4.78 is 17.1. The van der Waals surface area contributed by atoms with E-state index in [0.29, 0.717) is 17.8 Å². The molecule has 0 N–H and O–H groups in total. The molecule has 0 aromatic heterocycles. The zero-order valence-corrected chi connectivity index (χ0v) is 12.8. The van der Waals surface area contributed by atoms with Crippen molar-refractivity contribution in [3.8, 4) is 0 Å². The standard InChI is InChI=1S/C12H28O3Si/c1-10(2)7-13-16(14-8-11(3)4)15-9-12(5)6/h10-12,16H,7-9H2,1-6H3. The second kappa shape index (κ2) is 9.16. The lowest BCUT2D eigenvalue weighted by atomic mass is 10.2. The Bertz CT molecular complexity index is 132. The maximum Gasteiger partial charge on any atom is 0.484 e. The van der Waals surface area contributed by atoms with Crippen molar-refractivity contribution >= 4 is 9.53 Å². The molecule has 0 radical (unpaired) electrons. The van der Waals surface area contributed by atoms with Crippen LogP contribution in [0.2, 0.25) is 0 Å². The van der Waals surface area contributed by atoms with Crippen molar-refractivity contribution in [2.24, 2.45) is 17.8 Å². The van der Waals surface area contributed by atoms with Crippen LogP contribution in [0.3, 0.4) is 0 Å². The molecule has 0 saturated heterocycles. The molecule has 0 unspecified atom stereocenters.